The van der Waals surface area contributed by atoms with Gasteiger partial charge in [0.15, 0.2) is 0 Å². The van der Waals surface area contributed by atoms with Crippen molar-refractivity contribution in [1.82, 2.24) is 4.90 Å². The summed E-state index contributed by atoms with van der Waals surface area (Å²) in [5.74, 6) is -0.144. The van der Waals surface area contributed by atoms with Crippen molar-refractivity contribution in [1.29, 1.82) is 0 Å². The Balaban J connectivity index is 1.70. The normalized spacial score (nSPS) is 14.9. The topological polar surface area (TPSA) is 43.8 Å². The molecule has 6 heteroatoms. The Hall–Kier alpha value is -1.72. The Morgan fingerprint density at radius 3 is 2.48 bits per heavy atom. The molecule has 1 N–H and O–H groups in total. The van der Waals surface area contributed by atoms with E-state index >= 15 is 0 Å². The average molecular weight is 396 g/mol. The number of amides is 1. The molecular weight excluding hydrogens is 380 g/mol. The summed E-state index contributed by atoms with van der Waals surface area (Å²) >= 11 is 9.56. The quantitative estimate of drug-likeness (QED) is 0.842. The van der Waals surface area contributed by atoms with Crippen LogP contribution in [0.15, 0.2) is 46.9 Å². The maximum absolute atomic E-state index is 12.6. The van der Waals surface area contributed by atoms with Crippen LogP contribution in [0.5, 0.6) is 5.75 Å². The van der Waals surface area contributed by atoms with Gasteiger partial charge in [0.05, 0.1) is 16.3 Å². The number of benzene rings is 2. The summed E-state index contributed by atoms with van der Waals surface area (Å²) in [5.41, 5.74) is 1.32. The molecule has 2 aromatic rings. The minimum absolute atomic E-state index is 0.00623. The first-order valence-corrected chi connectivity index (χ1v) is 8.50. The van der Waals surface area contributed by atoms with Gasteiger partial charge >= 0.3 is 0 Å². The lowest BCUT2D eigenvalue weighted by atomic mass is 10.1. The zero-order valence-corrected chi connectivity index (χ0v) is 14.7. The Morgan fingerprint density at radius 2 is 1.78 bits per heavy atom. The molecule has 0 aliphatic carbocycles. The highest BCUT2D eigenvalue weighted by molar-refractivity contribution is 9.10. The van der Waals surface area contributed by atoms with E-state index in [9.17, 15) is 9.90 Å². The molecule has 2 aromatic carbocycles. The van der Waals surface area contributed by atoms with E-state index in [0.717, 1.165) is 15.2 Å². The zero-order chi connectivity index (χ0) is 16.4. The molecule has 0 bridgehead atoms. The van der Waals surface area contributed by atoms with Crippen LogP contribution >= 0.6 is 27.5 Å². The molecule has 1 fully saturated rings. The summed E-state index contributed by atoms with van der Waals surface area (Å²) < 4.78 is 0.772. The van der Waals surface area contributed by atoms with Crippen molar-refractivity contribution in [3.05, 3.63) is 57.5 Å². The highest BCUT2D eigenvalue weighted by Gasteiger charge is 2.24. The number of hydrogen-bond donors (Lipinski definition) is 1. The van der Waals surface area contributed by atoms with Gasteiger partial charge in [0.1, 0.15) is 5.75 Å². The van der Waals surface area contributed by atoms with Gasteiger partial charge < -0.3 is 14.9 Å². The van der Waals surface area contributed by atoms with Gasteiger partial charge in [-0.1, -0.05) is 39.7 Å². The maximum atomic E-state index is 12.6. The van der Waals surface area contributed by atoms with Crippen LogP contribution in [-0.2, 0) is 0 Å². The molecule has 1 heterocycles. The molecule has 0 unspecified atom stereocenters. The predicted octanol–water partition coefficient (Wildman–Crippen LogP) is 3.77. The number of anilines is 1. The number of para-hydroxylation sites is 1. The summed E-state index contributed by atoms with van der Waals surface area (Å²) in [5, 5.41) is 10.6. The fourth-order valence-electron chi connectivity index (χ4n) is 2.71. The van der Waals surface area contributed by atoms with Crippen LogP contribution in [0.2, 0.25) is 5.02 Å². The molecule has 1 saturated heterocycles. The molecule has 23 heavy (non-hydrogen) atoms. The number of carbonyl (C=O) groups excluding carboxylic acids is 1. The molecule has 3 rings (SSSR count). The molecule has 0 atom stereocenters. The minimum atomic E-state index is -0.150. The van der Waals surface area contributed by atoms with Crippen LogP contribution in [-0.4, -0.2) is 42.1 Å². The smallest absolute Gasteiger partial charge is 0.257 e. The van der Waals surface area contributed by atoms with E-state index in [2.05, 4.69) is 20.8 Å². The zero-order valence-electron chi connectivity index (χ0n) is 12.4. The SMILES string of the molecule is O=C(c1cc(Br)ccc1O)N1CCN(c2ccccc2Cl)CC1. The van der Waals surface area contributed by atoms with E-state index in [-0.39, 0.29) is 11.7 Å². The van der Waals surface area contributed by atoms with Crippen molar-refractivity contribution in [2.75, 3.05) is 31.1 Å². The summed E-state index contributed by atoms with van der Waals surface area (Å²) in [6.07, 6.45) is 0. The van der Waals surface area contributed by atoms with Crippen molar-refractivity contribution in [3.63, 3.8) is 0 Å². The second kappa shape index (κ2) is 6.81. The fraction of sp³-hybridized carbons (Fsp3) is 0.235. The lowest BCUT2D eigenvalue weighted by molar-refractivity contribution is 0.0743. The monoisotopic (exact) mass is 394 g/mol. The molecule has 120 valence electrons. The molecule has 1 aliphatic heterocycles. The minimum Gasteiger partial charge on any atom is -0.507 e. The molecule has 0 aromatic heterocycles. The predicted molar refractivity (Wildman–Crippen MR) is 95.4 cm³/mol. The van der Waals surface area contributed by atoms with Gasteiger partial charge in [0.2, 0.25) is 0 Å². The van der Waals surface area contributed by atoms with E-state index in [4.69, 9.17) is 11.6 Å². The largest absolute Gasteiger partial charge is 0.507 e. The standard InChI is InChI=1S/C17H16BrClN2O2/c18-12-5-6-16(22)13(11-12)17(23)21-9-7-20(8-10-21)15-4-2-1-3-14(15)19/h1-6,11,22H,7-10H2. The third-order valence-electron chi connectivity index (χ3n) is 3.95. The average Bonchev–Trinajstić information content (AvgIpc) is 2.57. The van der Waals surface area contributed by atoms with E-state index in [1.807, 2.05) is 24.3 Å². The van der Waals surface area contributed by atoms with Gasteiger partial charge in [-0.3, -0.25) is 4.79 Å². The van der Waals surface area contributed by atoms with Crippen LogP contribution < -0.4 is 4.90 Å². The molecule has 4 nitrogen and oxygen atoms in total. The van der Waals surface area contributed by atoms with E-state index < -0.39 is 0 Å². The Bertz CT molecular complexity index is 730. The van der Waals surface area contributed by atoms with Crippen molar-refractivity contribution in [2.45, 2.75) is 0 Å². The number of rotatable bonds is 2. The second-order valence-corrected chi connectivity index (χ2v) is 6.72. The van der Waals surface area contributed by atoms with Crippen LogP contribution in [0.4, 0.5) is 5.69 Å². The first-order valence-electron chi connectivity index (χ1n) is 7.33. The number of aromatic hydroxyl groups is 1. The van der Waals surface area contributed by atoms with Crippen LogP contribution in [0.1, 0.15) is 10.4 Å². The molecule has 0 spiro atoms. The number of nitrogens with zero attached hydrogens (tertiary/aromatic N) is 2. The third-order valence-corrected chi connectivity index (χ3v) is 4.76. The van der Waals surface area contributed by atoms with E-state index in [1.165, 1.54) is 6.07 Å². The Morgan fingerprint density at radius 1 is 1.09 bits per heavy atom. The van der Waals surface area contributed by atoms with Gasteiger partial charge in [0.25, 0.3) is 5.91 Å². The Labute approximate surface area is 148 Å². The summed E-state index contributed by atoms with van der Waals surface area (Å²) in [4.78, 5) is 16.5. The highest BCUT2D eigenvalue weighted by atomic mass is 79.9. The van der Waals surface area contributed by atoms with Crippen molar-refractivity contribution < 1.29 is 9.90 Å². The number of carbonyl (C=O) groups is 1. The van der Waals surface area contributed by atoms with Crippen molar-refractivity contribution in [2.24, 2.45) is 0 Å². The third kappa shape index (κ3) is 3.46. The fourth-order valence-corrected chi connectivity index (χ4v) is 3.32. The molecule has 0 radical (unpaired) electrons. The van der Waals surface area contributed by atoms with Gasteiger partial charge in [0, 0.05) is 30.7 Å². The summed E-state index contributed by atoms with van der Waals surface area (Å²) in [6, 6.07) is 12.6. The van der Waals surface area contributed by atoms with Crippen molar-refractivity contribution >= 4 is 39.1 Å². The second-order valence-electron chi connectivity index (χ2n) is 5.39. The van der Waals surface area contributed by atoms with Crippen LogP contribution in [0.25, 0.3) is 0 Å². The molecule has 1 amide bonds. The first-order chi connectivity index (χ1) is 11.1. The number of piperazine rings is 1. The summed E-state index contributed by atoms with van der Waals surface area (Å²) in [7, 11) is 0. The Kier molecular flexibility index (Phi) is 4.78. The van der Waals surface area contributed by atoms with Gasteiger partial charge in [-0.05, 0) is 30.3 Å². The van der Waals surface area contributed by atoms with E-state index in [0.29, 0.717) is 31.7 Å². The lowest BCUT2D eigenvalue weighted by Gasteiger charge is -2.36. The number of hydrogen-bond acceptors (Lipinski definition) is 3. The molecule has 1 aliphatic rings. The number of halogens is 2. The lowest BCUT2D eigenvalue weighted by Crippen LogP contribution is -2.48. The number of phenolic OH excluding ortho intramolecular Hbond substituents is 1. The van der Waals surface area contributed by atoms with Crippen LogP contribution in [0.3, 0.4) is 0 Å². The van der Waals surface area contributed by atoms with Gasteiger partial charge in [-0.25, -0.2) is 0 Å². The van der Waals surface area contributed by atoms with Gasteiger partial charge in [-0.15, -0.1) is 0 Å². The molecular formula is C17H16BrClN2O2. The number of phenols is 1. The van der Waals surface area contributed by atoms with Crippen LogP contribution in [0, 0.1) is 0 Å². The van der Waals surface area contributed by atoms with Gasteiger partial charge in [-0.2, -0.15) is 0 Å². The summed E-state index contributed by atoms with van der Waals surface area (Å²) in [6.45, 7) is 2.61. The highest BCUT2D eigenvalue weighted by Crippen LogP contribution is 2.27. The maximum Gasteiger partial charge on any atom is 0.257 e. The van der Waals surface area contributed by atoms with Crippen molar-refractivity contribution in [3.8, 4) is 5.75 Å². The molecule has 0 saturated carbocycles. The van der Waals surface area contributed by atoms with E-state index in [1.54, 1.807) is 17.0 Å². The first kappa shape index (κ1) is 16.1.